The van der Waals surface area contributed by atoms with Crippen LogP contribution >= 0.6 is 0 Å². The zero-order chi connectivity index (χ0) is 10.8. The number of furan rings is 1. The second-order valence-corrected chi connectivity index (χ2v) is 3.72. The average Bonchev–Trinajstić information content (AvgIpc) is 2.76. The molecule has 4 heteroatoms. The van der Waals surface area contributed by atoms with Crippen LogP contribution in [0.2, 0.25) is 0 Å². The Bertz CT molecular complexity index is 431. The first-order valence-corrected chi connectivity index (χ1v) is 4.95. The monoisotopic (exact) mass is 205 g/mol. The second kappa shape index (κ2) is 3.81. The Balaban J connectivity index is 2.12. The van der Waals surface area contributed by atoms with Crippen molar-refractivity contribution < 1.29 is 4.42 Å². The first-order chi connectivity index (χ1) is 7.16. The van der Waals surface area contributed by atoms with Gasteiger partial charge in [-0.3, -0.25) is 4.68 Å². The number of aromatic nitrogens is 2. The lowest BCUT2D eigenvalue weighted by atomic mass is 10.2. The number of hydrogen-bond donors (Lipinski definition) is 1. The van der Waals surface area contributed by atoms with Crippen LogP contribution in [0, 0.1) is 6.92 Å². The van der Waals surface area contributed by atoms with Crippen LogP contribution in [0.1, 0.15) is 24.2 Å². The normalized spacial score (nSPS) is 12.7. The quantitative estimate of drug-likeness (QED) is 0.837. The molecule has 2 heterocycles. The third-order valence-corrected chi connectivity index (χ3v) is 2.43. The SMILES string of the molecule is Cc1nn(C)cc1NC(C)c1ccoc1. The van der Waals surface area contributed by atoms with Crippen molar-refractivity contribution in [2.45, 2.75) is 19.9 Å². The van der Waals surface area contributed by atoms with Gasteiger partial charge in [-0.05, 0) is 19.9 Å². The van der Waals surface area contributed by atoms with Crippen molar-refractivity contribution in [2.24, 2.45) is 7.05 Å². The predicted molar refractivity (Wildman–Crippen MR) is 58.7 cm³/mol. The van der Waals surface area contributed by atoms with Gasteiger partial charge in [0.15, 0.2) is 0 Å². The van der Waals surface area contributed by atoms with Gasteiger partial charge in [0.05, 0.1) is 29.9 Å². The Morgan fingerprint density at radius 1 is 1.53 bits per heavy atom. The van der Waals surface area contributed by atoms with Gasteiger partial charge in [0.2, 0.25) is 0 Å². The summed E-state index contributed by atoms with van der Waals surface area (Å²) in [5.41, 5.74) is 3.21. The van der Waals surface area contributed by atoms with Crippen LogP contribution < -0.4 is 5.32 Å². The zero-order valence-electron chi connectivity index (χ0n) is 9.19. The summed E-state index contributed by atoms with van der Waals surface area (Å²) in [7, 11) is 1.92. The van der Waals surface area contributed by atoms with E-state index in [0.29, 0.717) is 0 Å². The van der Waals surface area contributed by atoms with E-state index in [9.17, 15) is 0 Å². The van der Waals surface area contributed by atoms with E-state index in [1.54, 1.807) is 17.2 Å². The van der Waals surface area contributed by atoms with Crippen LogP contribution in [0.15, 0.2) is 29.2 Å². The third kappa shape index (κ3) is 2.03. The molecular weight excluding hydrogens is 190 g/mol. The topological polar surface area (TPSA) is 43.0 Å². The van der Waals surface area contributed by atoms with Crippen molar-refractivity contribution in [1.29, 1.82) is 0 Å². The smallest absolute Gasteiger partial charge is 0.0955 e. The minimum atomic E-state index is 0.228. The molecule has 0 saturated carbocycles. The molecule has 0 spiro atoms. The van der Waals surface area contributed by atoms with Gasteiger partial charge in [-0.15, -0.1) is 0 Å². The maximum atomic E-state index is 5.05. The fourth-order valence-electron chi connectivity index (χ4n) is 1.58. The molecule has 2 aromatic heterocycles. The first-order valence-electron chi connectivity index (χ1n) is 4.95. The molecule has 1 N–H and O–H groups in total. The van der Waals surface area contributed by atoms with Crippen molar-refractivity contribution in [3.63, 3.8) is 0 Å². The molecule has 1 unspecified atom stereocenters. The fourth-order valence-corrected chi connectivity index (χ4v) is 1.58. The lowest BCUT2D eigenvalue weighted by Gasteiger charge is -2.11. The molecule has 0 radical (unpaired) electrons. The summed E-state index contributed by atoms with van der Waals surface area (Å²) in [6.07, 6.45) is 5.42. The standard InChI is InChI=1S/C11H15N3O/c1-8(10-4-5-15-7-10)12-11-6-14(3)13-9(11)2/h4-8,12H,1-3H3. The third-order valence-electron chi connectivity index (χ3n) is 2.43. The van der Waals surface area contributed by atoms with Crippen molar-refractivity contribution in [3.05, 3.63) is 36.0 Å². The van der Waals surface area contributed by atoms with Gasteiger partial charge in [0.25, 0.3) is 0 Å². The molecule has 0 bridgehead atoms. The lowest BCUT2D eigenvalue weighted by molar-refractivity contribution is 0.562. The van der Waals surface area contributed by atoms with Crippen molar-refractivity contribution >= 4 is 5.69 Å². The van der Waals surface area contributed by atoms with Crippen LogP contribution in [0.4, 0.5) is 5.69 Å². The van der Waals surface area contributed by atoms with E-state index < -0.39 is 0 Å². The van der Waals surface area contributed by atoms with Gasteiger partial charge in [-0.2, -0.15) is 5.10 Å². The van der Waals surface area contributed by atoms with Crippen LogP contribution in [0.3, 0.4) is 0 Å². The second-order valence-electron chi connectivity index (χ2n) is 3.72. The summed E-state index contributed by atoms with van der Waals surface area (Å²) >= 11 is 0. The molecule has 1 atom stereocenters. The Morgan fingerprint density at radius 3 is 2.87 bits per heavy atom. The Labute approximate surface area is 88.9 Å². The highest BCUT2D eigenvalue weighted by Crippen LogP contribution is 2.21. The number of anilines is 1. The van der Waals surface area contributed by atoms with E-state index >= 15 is 0 Å². The van der Waals surface area contributed by atoms with Crippen LogP contribution in [0.5, 0.6) is 0 Å². The average molecular weight is 205 g/mol. The van der Waals surface area contributed by atoms with E-state index in [4.69, 9.17) is 4.42 Å². The highest BCUT2D eigenvalue weighted by atomic mass is 16.3. The zero-order valence-corrected chi connectivity index (χ0v) is 9.19. The molecule has 2 aromatic rings. The van der Waals surface area contributed by atoms with Gasteiger partial charge in [-0.1, -0.05) is 0 Å². The van der Waals surface area contributed by atoms with Gasteiger partial charge in [0.1, 0.15) is 0 Å². The molecule has 0 aromatic carbocycles. The largest absolute Gasteiger partial charge is 0.472 e. The summed E-state index contributed by atoms with van der Waals surface area (Å²) in [5.74, 6) is 0. The van der Waals surface area contributed by atoms with Gasteiger partial charge in [0, 0.05) is 18.8 Å². The molecule has 0 fully saturated rings. The molecule has 0 aliphatic heterocycles. The van der Waals surface area contributed by atoms with Crippen molar-refractivity contribution in [3.8, 4) is 0 Å². The summed E-state index contributed by atoms with van der Waals surface area (Å²) in [6.45, 7) is 4.09. The summed E-state index contributed by atoms with van der Waals surface area (Å²) < 4.78 is 6.85. The van der Waals surface area contributed by atoms with E-state index in [2.05, 4.69) is 17.3 Å². The van der Waals surface area contributed by atoms with Crippen LogP contribution in [-0.4, -0.2) is 9.78 Å². The first kappa shape index (κ1) is 9.83. The van der Waals surface area contributed by atoms with Crippen LogP contribution in [-0.2, 0) is 7.05 Å². The van der Waals surface area contributed by atoms with Crippen molar-refractivity contribution in [2.75, 3.05) is 5.32 Å². The molecule has 15 heavy (non-hydrogen) atoms. The van der Waals surface area contributed by atoms with Gasteiger partial charge >= 0.3 is 0 Å². The van der Waals surface area contributed by atoms with E-state index in [1.165, 1.54) is 0 Å². The molecule has 0 aliphatic rings. The van der Waals surface area contributed by atoms with E-state index in [0.717, 1.165) is 16.9 Å². The van der Waals surface area contributed by atoms with Gasteiger partial charge < -0.3 is 9.73 Å². The molecule has 0 aliphatic carbocycles. The lowest BCUT2D eigenvalue weighted by Crippen LogP contribution is -2.05. The number of hydrogen-bond acceptors (Lipinski definition) is 3. The van der Waals surface area contributed by atoms with Gasteiger partial charge in [-0.25, -0.2) is 0 Å². The Morgan fingerprint density at radius 2 is 2.33 bits per heavy atom. The Kier molecular flexibility index (Phi) is 2.49. The number of nitrogens with one attached hydrogen (secondary N) is 1. The van der Waals surface area contributed by atoms with E-state index in [-0.39, 0.29) is 6.04 Å². The highest BCUT2D eigenvalue weighted by molar-refractivity contribution is 5.47. The Hall–Kier alpha value is -1.71. The number of rotatable bonds is 3. The molecular formula is C11H15N3O. The maximum Gasteiger partial charge on any atom is 0.0955 e. The summed E-state index contributed by atoms with van der Waals surface area (Å²) in [5, 5.41) is 7.67. The molecule has 2 rings (SSSR count). The fraction of sp³-hybridized carbons (Fsp3) is 0.364. The van der Waals surface area contributed by atoms with E-state index in [1.807, 2.05) is 26.2 Å². The molecule has 0 amide bonds. The molecule has 4 nitrogen and oxygen atoms in total. The summed E-state index contributed by atoms with van der Waals surface area (Å²) in [6, 6.07) is 2.19. The predicted octanol–water partition coefficient (Wildman–Crippen LogP) is 2.49. The number of aryl methyl sites for hydroxylation is 2. The van der Waals surface area contributed by atoms with Crippen molar-refractivity contribution in [1.82, 2.24) is 9.78 Å². The summed E-state index contributed by atoms with van der Waals surface area (Å²) in [4.78, 5) is 0. The maximum absolute atomic E-state index is 5.05. The highest BCUT2D eigenvalue weighted by Gasteiger charge is 2.09. The molecule has 80 valence electrons. The van der Waals surface area contributed by atoms with Crippen LogP contribution in [0.25, 0.3) is 0 Å². The minimum Gasteiger partial charge on any atom is -0.472 e. The molecule has 0 saturated heterocycles. The number of nitrogens with zero attached hydrogens (tertiary/aromatic N) is 2. The minimum absolute atomic E-state index is 0.228.